The van der Waals surface area contributed by atoms with E-state index in [-0.39, 0.29) is 0 Å². The van der Waals surface area contributed by atoms with Gasteiger partial charge in [0.1, 0.15) is 0 Å². The zero-order valence-electron chi connectivity index (χ0n) is 9.21. The monoisotopic (exact) mass is 240 g/mol. The topological polar surface area (TPSA) is 66.5 Å². The quantitative estimate of drug-likeness (QED) is 0.605. The van der Waals surface area contributed by atoms with E-state index in [9.17, 15) is 14.4 Å². The van der Waals surface area contributed by atoms with Gasteiger partial charge in [-0.1, -0.05) is 30.3 Å². The van der Waals surface area contributed by atoms with E-state index in [1.165, 1.54) is 0 Å². The fourth-order valence-corrected chi connectivity index (χ4v) is 1.95. The summed E-state index contributed by atoms with van der Waals surface area (Å²) in [5, 5.41) is 3.86. The van der Waals surface area contributed by atoms with Crippen LogP contribution in [0.1, 0.15) is 0 Å². The molecule has 0 bridgehead atoms. The lowest BCUT2D eigenvalue weighted by molar-refractivity contribution is -0.134. The van der Waals surface area contributed by atoms with E-state index >= 15 is 0 Å². The molecule has 0 aliphatic carbocycles. The molecule has 88 valence electrons. The summed E-state index contributed by atoms with van der Waals surface area (Å²) in [6, 6.07) is 12.0. The van der Waals surface area contributed by atoms with Crippen LogP contribution in [-0.2, 0) is 9.59 Å². The number of nitrogens with zero attached hydrogens (tertiary/aromatic N) is 1. The molecule has 1 heterocycles. The third-order valence-corrected chi connectivity index (χ3v) is 2.81. The Balaban J connectivity index is 2.12. The summed E-state index contributed by atoms with van der Waals surface area (Å²) in [6.07, 6.45) is 0. The predicted molar refractivity (Wildman–Crippen MR) is 65.0 cm³/mol. The SMILES string of the molecule is O=C1NC(=O)N(c2ccc3ccccc3c2)C1=O. The molecular weight excluding hydrogens is 232 g/mol. The number of benzene rings is 2. The molecule has 5 heteroatoms. The number of rotatable bonds is 1. The number of anilines is 1. The van der Waals surface area contributed by atoms with Crippen molar-refractivity contribution in [3.8, 4) is 0 Å². The van der Waals surface area contributed by atoms with Crippen LogP contribution in [0.5, 0.6) is 0 Å². The fourth-order valence-electron chi connectivity index (χ4n) is 1.95. The number of carbonyl (C=O) groups excluding carboxylic acids is 3. The zero-order chi connectivity index (χ0) is 12.7. The molecule has 2 aromatic rings. The molecule has 1 aliphatic rings. The second-order valence-electron chi connectivity index (χ2n) is 3.93. The van der Waals surface area contributed by atoms with Crippen LogP contribution in [-0.4, -0.2) is 17.8 Å². The Kier molecular flexibility index (Phi) is 2.13. The van der Waals surface area contributed by atoms with Gasteiger partial charge in [0.2, 0.25) is 0 Å². The number of amides is 4. The van der Waals surface area contributed by atoms with Crippen molar-refractivity contribution in [3.63, 3.8) is 0 Å². The molecule has 18 heavy (non-hydrogen) atoms. The van der Waals surface area contributed by atoms with E-state index in [0.717, 1.165) is 15.7 Å². The van der Waals surface area contributed by atoms with Crippen LogP contribution in [0, 0.1) is 0 Å². The standard InChI is InChI=1S/C13H8N2O3/c16-11-12(17)15(13(18)14-11)10-6-5-8-3-1-2-4-9(8)7-10/h1-7H,(H,14,16,18). The van der Waals surface area contributed by atoms with Gasteiger partial charge in [-0.3, -0.25) is 14.9 Å². The maximum absolute atomic E-state index is 11.5. The Morgan fingerprint density at radius 2 is 1.61 bits per heavy atom. The molecule has 3 rings (SSSR count). The molecule has 1 N–H and O–H groups in total. The van der Waals surface area contributed by atoms with Gasteiger partial charge in [-0.2, -0.15) is 0 Å². The lowest BCUT2D eigenvalue weighted by Crippen LogP contribution is -2.30. The Morgan fingerprint density at radius 1 is 0.889 bits per heavy atom. The van der Waals surface area contributed by atoms with Crippen molar-refractivity contribution in [1.29, 1.82) is 0 Å². The highest BCUT2D eigenvalue weighted by Crippen LogP contribution is 2.23. The highest BCUT2D eigenvalue weighted by molar-refractivity contribution is 6.53. The maximum Gasteiger partial charge on any atom is 0.336 e. The van der Waals surface area contributed by atoms with Crippen LogP contribution in [0.15, 0.2) is 42.5 Å². The van der Waals surface area contributed by atoms with Crippen molar-refractivity contribution in [2.24, 2.45) is 0 Å². The smallest absolute Gasteiger partial charge is 0.269 e. The highest BCUT2D eigenvalue weighted by atomic mass is 16.2. The predicted octanol–water partition coefficient (Wildman–Crippen LogP) is 1.42. The first-order chi connectivity index (χ1) is 8.66. The minimum absolute atomic E-state index is 0.391. The van der Waals surface area contributed by atoms with E-state index in [4.69, 9.17) is 0 Å². The van der Waals surface area contributed by atoms with Gasteiger partial charge >= 0.3 is 17.8 Å². The number of carbonyl (C=O) groups is 3. The Hall–Kier alpha value is -2.69. The van der Waals surface area contributed by atoms with Crippen molar-refractivity contribution >= 4 is 34.3 Å². The summed E-state index contributed by atoms with van der Waals surface area (Å²) in [5.41, 5.74) is 0.391. The first kappa shape index (κ1) is 10.5. The van der Waals surface area contributed by atoms with Gasteiger partial charge in [-0.25, -0.2) is 9.69 Å². The van der Waals surface area contributed by atoms with Crippen LogP contribution < -0.4 is 10.2 Å². The van der Waals surface area contributed by atoms with Gasteiger partial charge in [0.05, 0.1) is 5.69 Å². The van der Waals surface area contributed by atoms with Crippen LogP contribution in [0.3, 0.4) is 0 Å². The number of hydrogen-bond donors (Lipinski definition) is 1. The minimum Gasteiger partial charge on any atom is -0.269 e. The molecule has 0 radical (unpaired) electrons. The van der Waals surface area contributed by atoms with E-state index in [2.05, 4.69) is 0 Å². The first-order valence-electron chi connectivity index (χ1n) is 5.35. The summed E-state index contributed by atoms with van der Waals surface area (Å²) in [4.78, 5) is 35.0. The maximum atomic E-state index is 11.5. The summed E-state index contributed by atoms with van der Waals surface area (Å²) in [6.45, 7) is 0. The summed E-state index contributed by atoms with van der Waals surface area (Å²) in [5.74, 6) is -1.75. The zero-order valence-corrected chi connectivity index (χ0v) is 9.21. The van der Waals surface area contributed by atoms with E-state index in [0.29, 0.717) is 5.69 Å². The average Bonchev–Trinajstić information content (AvgIpc) is 2.63. The molecule has 0 spiro atoms. The third-order valence-electron chi connectivity index (χ3n) is 2.81. The van der Waals surface area contributed by atoms with Gasteiger partial charge in [0.25, 0.3) is 0 Å². The number of imide groups is 2. The molecule has 1 aliphatic heterocycles. The van der Waals surface area contributed by atoms with Crippen LogP contribution in [0.4, 0.5) is 10.5 Å². The Bertz CT molecular complexity index is 693. The first-order valence-corrected chi connectivity index (χ1v) is 5.35. The summed E-state index contributed by atoms with van der Waals surface area (Å²) < 4.78 is 0. The fraction of sp³-hybridized carbons (Fsp3) is 0. The molecule has 0 unspecified atom stereocenters. The molecule has 1 fully saturated rings. The van der Waals surface area contributed by atoms with Crippen molar-refractivity contribution in [2.45, 2.75) is 0 Å². The summed E-state index contributed by atoms with van der Waals surface area (Å²) >= 11 is 0. The van der Waals surface area contributed by atoms with E-state index in [1.54, 1.807) is 18.2 Å². The second kappa shape index (κ2) is 3.66. The molecule has 0 atom stereocenters. The lowest BCUT2D eigenvalue weighted by Gasteiger charge is -2.11. The van der Waals surface area contributed by atoms with Crippen molar-refractivity contribution in [1.82, 2.24) is 5.32 Å². The molecule has 0 saturated carbocycles. The Labute approximate surface area is 102 Å². The molecule has 4 amide bonds. The Morgan fingerprint density at radius 3 is 2.28 bits per heavy atom. The van der Waals surface area contributed by atoms with Crippen molar-refractivity contribution in [3.05, 3.63) is 42.5 Å². The highest BCUT2D eigenvalue weighted by Gasteiger charge is 2.37. The van der Waals surface area contributed by atoms with Gasteiger partial charge in [-0.05, 0) is 22.9 Å². The van der Waals surface area contributed by atoms with Gasteiger partial charge in [0, 0.05) is 0 Å². The van der Waals surface area contributed by atoms with Crippen LogP contribution in [0.25, 0.3) is 10.8 Å². The number of nitrogens with one attached hydrogen (secondary N) is 1. The normalized spacial score (nSPS) is 15.3. The summed E-state index contributed by atoms with van der Waals surface area (Å²) in [7, 11) is 0. The average molecular weight is 240 g/mol. The minimum atomic E-state index is -0.895. The molecule has 0 aromatic heterocycles. The van der Waals surface area contributed by atoms with Gasteiger partial charge in [0.15, 0.2) is 0 Å². The van der Waals surface area contributed by atoms with Crippen LogP contribution in [0.2, 0.25) is 0 Å². The third kappa shape index (κ3) is 1.45. The molecular formula is C13H8N2O3. The van der Waals surface area contributed by atoms with E-state index < -0.39 is 17.8 Å². The molecule has 5 nitrogen and oxygen atoms in total. The van der Waals surface area contributed by atoms with Crippen LogP contribution >= 0.6 is 0 Å². The lowest BCUT2D eigenvalue weighted by atomic mass is 10.1. The number of hydrogen-bond acceptors (Lipinski definition) is 3. The largest absolute Gasteiger partial charge is 0.336 e. The van der Waals surface area contributed by atoms with Crippen molar-refractivity contribution in [2.75, 3.05) is 4.90 Å². The van der Waals surface area contributed by atoms with E-state index in [1.807, 2.05) is 29.6 Å². The van der Waals surface area contributed by atoms with Gasteiger partial charge in [-0.15, -0.1) is 0 Å². The second-order valence-corrected chi connectivity index (χ2v) is 3.93. The van der Waals surface area contributed by atoms with Gasteiger partial charge < -0.3 is 0 Å². The number of fused-ring (bicyclic) bond motifs is 1. The molecule has 2 aromatic carbocycles. The molecule has 1 saturated heterocycles. The van der Waals surface area contributed by atoms with Crippen molar-refractivity contribution < 1.29 is 14.4 Å². The number of urea groups is 1.